The number of aromatic nitrogens is 2. The van der Waals surface area contributed by atoms with Gasteiger partial charge in [0.15, 0.2) is 0 Å². The molecule has 6 heteroatoms. The van der Waals surface area contributed by atoms with Crippen LogP contribution in [0.25, 0.3) is 0 Å². The lowest BCUT2D eigenvalue weighted by Gasteiger charge is -2.19. The van der Waals surface area contributed by atoms with Crippen molar-refractivity contribution >= 4 is 23.6 Å². The Kier molecular flexibility index (Phi) is 3.36. The number of hydrogen-bond donors (Lipinski definition) is 0. The number of carbonyl (C=O) groups excluding carboxylic acids is 2. The van der Waals surface area contributed by atoms with Crippen molar-refractivity contribution < 1.29 is 9.59 Å². The Labute approximate surface area is 122 Å². The largest absolute Gasteiger partial charge is 0.276 e. The normalized spacial score (nSPS) is 26.4. The molecule has 2 amide bonds. The van der Waals surface area contributed by atoms with Crippen LogP contribution in [0.1, 0.15) is 38.4 Å². The van der Waals surface area contributed by atoms with E-state index in [4.69, 9.17) is 0 Å². The van der Waals surface area contributed by atoms with Gasteiger partial charge in [-0.3, -0.25) is 19.2 Å². The van der Waals surface area contributed by atoms with Crippen molar-refractivity contribution in [2.24, 2.45) is 5.41 Å². The zero-order valence-corrected chi connectivity index (χ0v) is 12.7. The van der Waals surface area contributed by atoms with Crippen LogP contribution < -0.4 is 0 Å². The Morgan fingerprint density at radius 3 is 2.85 bits per heavy atom. The van der Waals surface area contributed by atoms with Crippen molar-refractivity contribution in [2.75, 3.05) is 11.5 Å². The van der Waals surface area contributed by atoms with Crippen LogP contribution in [0.4, 0.5) is 0 Å². The van der Waals surface area contributed by atoms with Gasteiger partial charge in [-0.1, -0.05) is 0 Å². The maximum Gasteiger partial charge on any atom is 0.237 e. The van der Waals surface area contributed by atoms with E-state index in [0.717, 1.165) is 23.6 Å². The lowest BCUT2D eigenvalue weighted by molar-refractivity contribution is -0.141. The molecule has 1 aromatic rings. The second-order valence-electron chi connectivity index (χ2n) is 5.93. The SMILES string of the molecule is CC(C)n1ccc(CN2C(=O)CC3(CCSC3)C2=O)n1. The molecular formula is C14H19N3O2S. The van der Waals surface area contributed by atoms with E-state index in [1.807, 2.05) is 30.8 Å². The smallest absolute Gasteiger partial charge is 0.237 e. The molecule has 2 aliphatic heterocycles. The zero-order valence-electron chi connectivity index (χ0n) is 11.8. The predicted octanol–water partition coefficient (Wildman–Crippen LogP) is 1.85. The molecule has 2 saturated heterocycles. The van der Waals surface area contributed by atoms with Gasteiger partial charge in [0.25, 0.3) is 0 Å². The van der Waals surface area contributed by atoms with E-state index in [1.165, 1.54) is 4.90 Å². The molecule has 3 heterocycles. The summed E-state index contributed by atoms with van der Waals surface area (Å²) in [6.45, 7) is 4.41. The predicted molar refractivity (Wildman–Crippen MR) is 77.2 cm³/mol. The summed E-state index contributed by atoms with van der Waals surface area (Å²) in [4.78, 5) is 26.1. The highest BCUT2D eigenvalue weighted by atomic mass is 32.2. The molecule has 108 valence electrons. The molecule has 0 aliphatic carbocycles. The zero-order chi connectivity index (χ0) is 14.3. The molecule has 20 heavy (non-hydrogen) atoms. The Morgan fingerprint density at radius 2 is 2.25 bits per heavy atom. The van der Waals surface area contributed by atoms with Crippen LogP contribution in [0.15, 0.2) is 12.3 Å². The monoisotopic (exact) mass is 293 g/mol. The molecule has 0 aromatic carbocycles. The molecule has 1 spiro atoms. The summed E-state index contributed by atoms with van der Waals surface area (Å²) in [5.41, 5.74) is 0.366. The quantitative estimate of drug-likeness (QED) is 0.798. The van der Waals surface area contributed by atoms with Crippen molar-refractivity contribution in [3.63, 3.8) is 0 Å². The second kappa shape index (κ2) is 4.91. The van der Waals surface area contributed by atoms with Gasteiger partial charge >= 0.3 is 0 Å². The fourth-order valence-electron chi connectivity index (χ4n) is 2.85. The van der Waals surface area contributed by atoms with Crippen molar-refractivity contribution in [3.8, 4) is 0 Å². The molecule has 2 aliphatic rings. The average molecular weight is 293 g/mol. The third-order valence-electron chi connectivity index (χ3n) is 4.11. The van der Waals surface area contributed by atoms with E-state index in [0.29, 0.717) is 13.0 Å². The summed E-state index contributed by atoms with van der Waals surface area (Å²) in [6, 6.07) is 2.17. The van der Waals surface area contributed by atoms with E-state index in [-0.39, 0.29) is 17.9 Å². The fourth-order valence-corrected chi connectivity index (χ4v) is 4.29. The molecule has 0 radical (unpaired) electrons. The average Bonchev–Trinajstić information content (AvgIpc) is 3.08. The molecule has 5 nitrogen and oxygen atoms in total. The van der Waals surface area contributed by atoms with Crippen molar-refractivity contribution in [2.45, 2.75) is 39.3 Å². The Hall–Kier alpha value is -1.30. The van der Waals surface area contributed by atoms with Gasteiger partial charge in [-0.15, -0.1) is 0 Å². The highest BCUT2D eigenvalue weighted by Gasteiger charge is 2.53. The van der Waals surface area contributed by atoms with Gasteiger partial charge < -0.3 is 0 Å². The number of hydrogen-bond acceptors (Lipinski definition) is 4. The first-order valence-corrected chi connectivity index (χ1v) is 8.14. The number of likely N-dealkylation sites (tertiary alicyclic amines) is 1. The van der Waals surface area contributed by atoms with Crippen LogP contribution in [0.3, 0.4) is 0 Å². The number of carbonyl (C=O) groups is 2. The summed E-state index contributed by atoms with van der Waals surface area (Å²) < 4.78 is 1.85. The minimum Gasteiger partial charge on any atom is -0.276 e. The summed E-state index contributed by atoms with van der Waals surface area (Å²) >= 11 is 1.77. The maximum absolute atomic E-state index is 12.5. The molecule has 1 atom stereocenters. The Balaban J connectivity index is 1.76. The topological polar surface area (TPSA) is 55.2 Å². The minimum absolute atomic E-state index is 0.00611. The first kappa shape index (κ1) is 13.7. The van der Waals surface area contributed by atoms with Gasteiger partial charge in [-0.05, 0) is 32.1 Å². The van der Waals surface area contributed by atoms with E-state index in [9.17, 15) is 9.59 Å². The Morgan fingerprint density at radius 1 is 1.45 bits per heavy atom. The van der Waals surface area contributed by atoms with Gasteiger partial charge in [0.1, 0.15) is 0 Å². The summed E-state index contributed by atoms with van der Waals surface area (Å²) in [7, 11) is 0. The minimum atomic E-state index is -0.414. The summed E-state index contributed by atoms with van der Waals surface area (Å²) in [6.07, 6.45) is 3.11. The van der Waals surface area contributed by atoms with Crippen LogP contribution in [0, 0.1) is 5.41 Å². The van der Waals surface area contributed by atoms with Gasteiger partial charge in [-0.2, -0.15) is 16.9 Å². The second-order valence-corrected chi connectivity index (χ2v) is 7.03. The maximum atomic E-state index is 12.5. The number of rotatable bonds is 3. The lowest BCUT2D eigenvalue weighted by Crippen LogP contribution is -2.35. The number of imide groups is 1. The van der Waals surface area contributed by atoms with Crippen LogP contribution in [-0.4, -0.2) is 38.0 Å². The first-order valence-electron chi connectivity index (χ1n) is 6.98. The van der Waals surface area contributed by atoms with Crippen molar-refractivity contribution in [3.05, 3.63) is 18.0 Å². The fraction of sp³-hybridized carbons (Fsp3) is 0.643. The molecule has 2 fully saturated rings. The van der Waals surface area contributed by atoms with Crippen molar-refractivity contribution in [1.82, 2.24) is 14.7 Å². The number of amides is 2. The van der Waals surface area contributed by atoms with Crippen LogP contribution in [0.5, 0.6) is 0 Å². The molecule has 1 unspecified atom stereocenters. The number of thioether (sulfide) groups is 1. The van der Waals surface area contributed by atoms with E-state index < -0.39 is 5.41 Å². The van der Waals surface area contributed by atoms with Gasteiger partial charge in [-0.25, -0.2) is 0 Å². The van der Waals surface area contributed by atoms with Gasteiger partial charge in [0.05, 0.1) is 17.7 Å². The molecular weight excluding hydrogens is 274 g/mol. The van der Waals surface area contributed by atoms with E-state index in [1.54, 1.807) is 11.8 Å². The molecule has 3 rings (SSSR count). The van der Waals surface area contributed by atoms with E-state index in [2.05, 4.69) is 5.10 Å². The summed E-state index contributed by atoms with van der Waals surface area (Å²) in [5.74, 6) is 1.73. The van der Waals surface area contributed by atoms with Crippen LogP contribution in [-0.2, 0) is 16.1 Å². The standard InChI is InChI=1S/C14H19N3O2S/c1-10(2)17-5-3-11(15-17)8-16-12(18)7-14(13(16)19)4-6-20-9-14/h3,5,10H,4,6-9H2,1-2H3. The summed E-state index contributed by atoms with van der Waals surface area (Å²) in [5, 5.41) is 4.42. The molecule has 0 bridgehead atoms. The third kappa shape index (κ3) is 2.16. The van der Waals surface area contributed by atoms with Gasteiger partial charge in [0.2, 0.25) is 11.8 Å². The third-order valence-corrected chi connectivity index (χ3v) is 5.36. The van der Waals surface area contributed by atoms with Crippen molar-refractivity contribution in [1.29, 1.82) is 0 Å². The molecule has 0 saturated carbocycles. The van der Waals surface area contributed by atoms with Crippen LogP contribution >= 0.6 is 11.8 Å². The highest BCUT2D eigenvalue weighted by molar-refractivity contribution is 7.99. The molecule has 1 aromatic heterocycles. The number of nitrogens with zero attached hydrogens (tertiary/aromatic N) is 3. The lowest BCUT2D eigenvalue weighted by atomic mass is 9.86. The first-order chi connectivity index (χ1) is 9.52. The van der Waals surface area contributed by atoms with E-state index >= 15 is 0 Å². The highest BCUT2D eigenvalue weighted by Crippen LogP contribution is 2.45. The molecule has 0 N–H and O–H groups in total. The van der Waals surface area contributed by atoms with Gasteiger partial charge in [0, 0.05) is 24.4 Å². The van der Waals surface area contributed by atoms with Crippen LogP contribution in [0.2, 0.25) is 0 Å². The Bertz CT molecular complexity index is 546.